The number of alkyl halides is 3. The zero-order chi connectivity index (χ0) is 13.2. The van der Waals surface area contributed by atoms with Crippen molar-refractivity contribution in [2.75, 3.05) is 12.4 Å². The fourth-order valence-electron chi connectivity index (χ4n) is 1.08. The van der Waals surface area contributed by atoms with Gasteiger partial charge in [0.25, 0.3) is 0 Å². The molecule has 1 N–H and O–H groups in total. The summed E-state index contributed by atoms with van der Waals surface area (Å²) in [6.45, 7) is 0. The number of rotatable bonds is 3. The smallest absolute Gasteiger partial charge is 0.357 e. The van der Waals surface area contributed by atoms with Gasteiger partial charge in [-0.3, -0.25) is 0 Å². The number of nitrogens with zero attached hydrogens (tertiary/aromatic N) is 3. The number of aromatic nitrogens is 3. The van der Waals surface area contributed by atoms with E-state index in [0.717, 1.165) is 17.8 Å². The topological polar surface area (TPSA) is 50.7 Å². The Hall–Kier alpha value is -1.35. The lowest BCUT2D eigenvalue weighted by atomic mass is 10.4. The maximum Gasteiger partial charge on any atom is 0.433 e. The molecule has 0 aliphatic heterocycles. The first-order chi connectivity index (χ1) is 8.49. The second-order valence-corrected chi connectivity index (χ2v) is 5.22. The average Bonchev–Trinajstić information content (AvgIpc) is 2.80. The molecule has 18 heavy (non-hydrogen) atoms. The van der Waals surface area contributed by atoms with E-state index in [1.165, 1.54) is 18.4 Å². The van der Waals surface area contributed by atoms with Crippen LogP contribution in [0.3, 0.4) is 0 Å². The molecule has 2 rings (SSSR count). The molecule has 0 saturated carbocycles. The number of halogens is 3. The molecule has 0 aliphatic rings. The Kier molecular flexibility index (Phi) is 3.71. The Balaban J connectivity index is 2.35. The molecule has 2 aromatic heterocycles. The van der Waals surface area contributed by atoms with Crippen molar-refractivity contribution >= 4 is 29.0 Å². The van der Waals surface area contributed by atoms with Crippen LogP contribution < -0.4 is 5.32 Å². The van der Waals surface area contributed by atoms with Crippen LogP contribution in [0.2, 0.25) is 0 Å². The van der Waals surface area contributed by atoms with Gasteiger partial charge in [-0.25, -0.2) is 15.0 Å². The minimum Gasteiger partial charge on any atom is -0.357 e. The number of thiazole rings is 1. The standard InChI is InChI=1S/C9H7F3N4S2/c1-13-7-15-5(9(10,11)12)4-6(16-7)18-8-14-2-3-17-8/h2-4H,1H3,(H,13,15,16). The molecule has 96 valence electrons. The summed E-state index contributed by atoms with van der Waals surface area (Å²) in [6.07, 6.45) is -2.91. The van der Waals surface area contributed by atoms with E-state index in [2.05, 4.69) is 20.3 Å². The van der Waals surface area contributed by atoms with Crippen LogP contribution in [-0.4, -0.2) is 22.0 Å². The lowest BCUT2D eigenvalue weighted by Gasteiger charge is -2.08. The van der Waals surface area contributed by atoms with E-state index in [0.29, 0.717) is 4.34 Å². The fraction of sp³-hybridized carbons (Fsp3) is 0.222. The first kappa shape index (κ1) is 13.1. The number of hydrogen-bond acceptors (Lipinski definition) is 6. The van der Waals surface area contributed by atoms with Crippen LogP contribution in [0.5, 0.6) is 0 Å². The van der Waals surface area contributed by atoms with Crippen LogP contribution >= 0.6 is 23.1 Å². The minimum atomic E-state index is -4.49. The lowest BCUT2D eigenvalue weighted by molar-refractivity contribution is -0.141. The van der Waals surface area contributed by atoms with Crippen molar-refractivity contribution < 1.29 is 13.2 Å². The summed E-state index contributed by atoms with van der Waals surface area (Å²) in [5.41, 5.74) is -0.971. The van der Waals surface area contributed by atoms with E-state index in [4.69, 9.17) is 0 Å². The van der Waals surface area contributed by atoms with Crippen LogP contribution in [0.4, 0.5) is 19.1 Å². The van der Waals surface area contributed by atoms with Crippen LogP contribution in [0.15, 0.2) is 27.0 Å². The van der Waals surface area contributed by atoms with Gasteiger partial charge in [-0.15, -0.1) is 11.3 Å². The van der Waals surface area contributed by atoms with Crippen LogP contribution in [0, 0.1) is 0 Å². The molecule has 0 saturated heterocycles. The van der Waals surface area contributed by atoms with Gasteiger partial charge in [0.05, 0.1) is 0 Å². The molecule has 0 fully saturated rings. The SMILES string of the molecule is CNc1nc(Sc2nccs2)cc(C(F)(F)F)n1. The van der Waals surface area contributed by atoms with Gasteiger partial charge in [0.15, 0.2) is 10.0 Å². The van der Waals surface area contributed by atoms with E-state index >= 15 is 0 Å². The van der Waals surface area contributed by atoms with Gasteiger partial charge < -0.3 is 5.32 Å². The Labute approximate surface area is 109 Å². The Morgan fingerprint density at radius 2 is 2.11 bits per heavy atom. The average molecular weight is 292 g/mol. The molecule has 0 bridgehead atoms. The molecule has 4 nitrogen and oxygen atoms in total. The zero-order valence-corrected chi connectivity index (χ0v) is 10.7. The molecule has 0 aromatic carbocycles. The zero-order valence-electron chi connectivity index (χ0n) is 9.02. The summed E-state index contributed by atoms with van der Waals surface area (Å²) in [7, 11) is 1.47. The highest BCUT2D eigenvalue weighted by molar-refractivity contribution is 8.01. The van der Waals surface area contributed by atoms with E-state index in [1.807, 2.05) is 0 Å². The Bertz CT molecular complexity index is 527. The third-order valence-electron chi connectivity index (χ3n) is 1.82. The van der Waals surface area contributed by atoms with Crippen molar-refractivity contribution in [3.8, 4) is 0 Å². The molecule has 0 aliphatic carbocycles. The monoisotopic (exact) mass is 292 g/mol. The maximum absolute atomic E-state index is 12.6. The van der Waals surface area contributed by atoms with Gasteiger partial charge in [0, 0.05) is 24.7 Å². The summed E-state index contributed by atoms with van der Waals surface area (Å²) in [6, 6.07) is 0.910. The molecule has 0 spiro atoms. The van der Waals surface area contributed by atoms with Gasteiger partial charge in [-0.2, -0.15) is 13.2 Å². The van der Waals surface area contributed by atoms with Gasteiger partial charge in [0.1, 0.15) is 5.03 Å². The summed E-state index contributed by atoms with van der Waals surface area (Å²) in [5, 5.41) is 4.46. The number of nitrogens with one attached hydrogen (secondary N) is 1. The Morgan fingerprint density at radius 3 is 2.67 bits per heavy atom. The highest BCUT2D eigenvalue weighted by Crippen LogP contribution is 2.33. The van der Waals surface area contributed by atoms with Crippen molar-refractivity contribution in [2.24, 2.45) is 0 Å². The van der Waals surface area contributed by atoms with Gasteiger partial charge >= 0.3 is 6.18 Å². The van der Waals surface area contributed by atoms with Gasteiger partial charge in [0.2, 0.25) is 5.95 Å². The summed E-state index contributed by atoms with van der Waals surface area (Å²) >= 11 is 2.40. The van der Waals surface area contributed by atoms with Crippen molar-refractivity contribution in [3.05, 3.63) is 23.3 Å². The molecule has 2 aromatic rings. The van der Waals surface area contributed by atoms with Crippen molar-refractivity contribution in [3.63, 3.8) is 0 Å². The molecule has 9 heteroatoms. The first-order valence-corrected chi connectivity index (χ1v) is 6.40. The number of anilines is 1. The lowest BCUT2D eigenvalue weighted by Crippen LogP contribution is -2.11. The number of hydrogen-bond donors (Lipinski definition) is 1. The second-order valence-electron chi connectivity index (χ2n) is 3.06. The van der Waals surface area contributed by atoms with E-state index in [-0.39, 0.29) is 11.0 Å². The molecule has 0 amide bonds. The molecule has 0 radical (unpaired) electrons. The largest absolute Gasteiger partial charge is 0.433 e. The third kappa shape index (κ3) is 3.10. The normalized spacial score (nSPS) is 11.6. The minimum absolute atomic E-state index is 0.0659. The highest BCUT2D eigenvalue weighted by Gasteiger charge is 2.33. The molecular weight excluding hydrogens is 285 g/mol. The maximum atomic E-state index is 12.6. The van der Waals surface area contributed by atoms with E-state index < -0.39 is 11.9 Å². The molecule has 0 atom stereocenters. The molecular formula is C9H7F3N4S2. The fourth-order valence-corrected chi connectivity index (χ4v) is 2.65. The van der Waals surface area contributed by atoms with Crippen LogP contribution in [-0.2, 0) is 6.18 Å². The summed E-state index contributed by atoms with van der Waals surface area (Å²) in [4.78, 5) is 11.3. The van der Waals surface area contributed by atoms with Gasteiger partial charge in [-0.1, -0.05) is 0 Å². The predicted molar refractivity (Wildman–Crippen MR) is 62.8 cm³/mol. The quantitative estimate of drug-likeness (QED) is 0.881. The first-order valence-electron chi connectivity index (χ1n) is 4.70. The summed E-state index contributed by atoms with van der Waals surface area (Å²) < 4.78 is 38.5. The van der Waals surface area contributed by atoms with E-state index in [9.17, 15) is 13.2 Å². The van der Waals surface area contributed by atoms with Crippen LogP contribution in [0.25, 0.3) is 0 Å². The third-order valence-corrected chi connectivity index (χ3v) is 3.62. The highest BCUT2D eigenvalue weighted by atomic mass is 32.2. The molecule has 2 heterocycles. The molecule has 0 unspecified atom stereocenters. The van der Waals surface area contributed by atoms with Gasteiger partial charge in [-0.05, 0) is 11.8 Å². The van der Waals surface area contributed by atoms with Crippen LogP contribution in [0.1, 0.15) is 5.69 Å². The second kappa shape index (κ2) is 5.11. The van der Waals surface area contributed by atoms with Crippen molar-refractivity contribution in [1.82, 2.24) is 15.0 Å². The predicted octanol–water partition coefficient (Wildman–Crippen LogP) is 3.14. The Morgan fingerprint density at radius 1 is 1.33 bits per heavy atom. The van der Waals surface area contributed by atoms with Crippen molar-refractivity contribution in [2.45, 2.75) is 15.5 Å². The van der Waals surface area contributed by atoms with E-state index in [1.54, 1.807) is 11.6 Å². The summed E-state index contributed by atoms with van der Waals surface area (Å²) in [5.74, 6) is -0.0659. The van der Waals surface area contributed by atoms with Crippen molar-refractivity contribution in [1.29, 1.82) is 0 Å².